The fourth-order valence-corrected chi connectivity index (χ4v) is 6.64. The summed E-state index contributed by atoms with van der Waals surface area (Å²) >= 11 is 6.08. The third-order valence-electron chi connectivity index (χ3n) is 9.30. The molecule has 0 aromatic heterocycles. The Morgan fingerprint density at radius 1 is 1.06 bits per heavy atom. The minimum absolute atomic E-state index is 0.0104. The molecule has 4 aliphatic rings. The minimum Gasteiger partial charge on any atom is -0.446 e. The van der Waals surface area contributed by atoms with Gasteiger partial charge in [-0.3, -0.25) is 19.2 Å². The van der Waals surface area contributed by atoms with Crippen molar-refractivity contribution in [2.45, 2.75) is 128 Å². The summed E-state index contributed by atoms with van der Waals surface area (Å²) in [5.74, 6) is -2.50. The average molecular weight is 672 g/mol. The Kier molecular flexibility index (Phi) is 10.5. The fraction of sp³-hybridized carbons (Fsp3) is 0.647. The molecule has 3 fully saturated rings. The van der Waals surface area contributed by atoms with Crippen LogP contribution < -0.4 is 16.0 Å². The molecule has 5 rings (SSSR count). The lowest BCUT2D eigenvalue weighted by Gasteiger charge is -2.35. The number of hydrogen-bond acceptors (Lipinski definition) is 8. The van der Waals surface area contributed by atoms with Gasteiger partial charge in [0.1, 0.15) is 18.2 Å². The van der Waals surface area contributed by atoms with E-state index in [1.165, 1.54) is 4.90 Å². The molecule has 1 aromatic carbocycles. The first-order valence-electron chi connectivity index (χ1n) is 16.7. The van der Waals surface area contributed by atoms with Crippen LogP contribution in [-0.4, -0.2) is 82.6 Å². The normalized spacial score (nSPS) is 23.9. The molecule has 0 unspecified atom stereocenters. The second kappa shape index (κ2) is 14.2. The van der Waals surface area contributed by atoms with Crippen molar-refractivity contribution in [1.82, 2.24) is 20.9 Å². The highest BCUT2D eigenvalue weighted by Crippen LogP contribution is 2.40. The number of hydrogen-bond donors (Lipinski definition) is 3. The van der Waals surface area contributed by atoms with Gasteiger partial charge in [-0.1, -0.05) is 63.0 Å². The molecule has 2 aliphatic carbocycles. The van der Waals surface area contributed by atoms with Crippen molar-refractivity contribution in [3.8, 4) is 0 Å². The molecule has 47 heavy (non-hydrogen) atoms. The van der Waals surface area contributed by atoms with Crippen LogP contribution in [0, 0.1) is 5.41 Å². The van der Waals surface area contributed by atoms with Gasteiger partial charge < -0.3 is 30.4 Å². The van der Waals surface area contributed by atoms with Crippen molar-refractivity contribution in [2.75, 3.05) is 6.54 Å². The SMILES string of the molecule is CCC[C@H](NC(=O)[C@@H]1C[C@]2(CC(c3ccc(Cl)cc3)=NO2)CN1C(=O)[C@@H](NC(=O)OC1CCCC1)C(C)(C)C)C(=O)C(=O)NC1CC1. The minimum atomic E-state index is -1.06. The summed E-state index contributed by atoms with van der Waals surface area (Å²) in [4.78, 5) is 74.7. The molecular formula is C34H46ClN5O7. The number of carbonyl (C=O) groups is 5. The lowest BCUT2D eigenvalue weighted by Crippen LogP contribution is -2.59. The predicted octanol–water partition coefficient (Wildman–Crippen LogP) is 4.02. The molecule has 0 bridgehead atoms. The standard InChI is InChI=1S/C34H46ClN5O7/c1-5-8-24(27(41)30(43)36-22-15-16-22)37-29(42)26-18-34(17-25(39-47-34)20-11-13-21(35)14-12-20)19-40(26)31(44)28(33(2,3)4)38-32(45)46-23-9-6-7-10-23/h11-14,22-24,26,28H,5-10,15-19H2,1-4H3,(H,36,43)(H,37,42)(H,38,45)/t24-,26-,28+,34+/m0/s1. The third-order valence-corrected chi connectivity index (χ3v) is 9.55. The summed E-state index contributed by atoms with van der Waals surface area (Å²) in [6.07, 6.45) is 5.51. The number of amides is 4. The van der Waals surface area contributed by atoms with Crippen LogP contribution in [0.25, 0.3) is 0 Å². The van der Waals surface area contributed by atoms with Crippen molar-refractivity contribution in [3.63, 3.8) is 0 Å². The molecule has 1 spiro atoms. The van der Waals surface area contributed by atoms with E-state index >= 15 is 0 Å². The Labute approximate surface area is 280 Å². The summed E-state index contributed by atoms with van der Waals surface area (Å²) in [5, 5.41) is 13.2. The predicted molar refractivity (Wildman–Crippen MR) is 175 cm³/mol. The number of rotatable bonds is 11. The van der Waals surface area contributed by atoms with Gasteiger partial charge in [0, 0.05) is 23.9 Å². The van der Waals surface area contributed by atoms with Gasteiger partial charge in [-0.05, 0) is 68.1 Å². The summed E-state index contributed by atoms with van der Waals surface area (Å²) in [6, 6.07) is 4.01. The summed E-state index contributed by atoms with van der Waals surface area (Å²) < 4.78 is 5.62. The van der Waals surface area contributed by atoms with Crippen molar-refractivity contribution in [1.29, 1.82) is 0 Å². The molecule has 1 aromatic rings. The molecule has 13 heteroatoms. The van der Waals surface area contributed by atoms with Crippen molar-refractivity contribution in [3.05, 3.63) is 34.9 Å². The lowest BCUT2D eigenvalue weighted by atomic mass is 9.85. The van der Waals surface area contributed by atoms with E-state index in [1.807, 2.05) is 39.8 Å². The van der Waals surface area contributed by atoms with E-state index in [0.29, 0.717) is 23.6 Å². The first kappa shape index (κ1) is 34.7. The Bertz CT molecular complexity index is 1400. The summed E-state index contributed by atoms with van der Waals surface area (Å²) in [5.41, 5.74) is -0.314. The topological polar surface area (TPSA) is 156 Å². The van der Waals surface area contributed by atoms with Gasteiger partial charge in [0.25, 0.3) is 5.91 Å². The number of ether oxygens (including phenoxy) is 1. The zero-order valence-electron chi connectivity index (χ0n) is 27.6. The molecule has 1 saturated heterocycles. The van der Waals surface area contributed by atoms with Crippen molar-refractivity contribution < 1.29 is 33.5 Å². The Morgan fingerprint density at radius 2 is 1.74 bits per heavy atom. The zero-order valence-corrected chi connectivity index (χ0v) is 28.4. The second-order valence-electron chi connectivity index (χ2n) is 14.4. The molecule has 256 valence electrons. The molecule has 2 heterocycles. The van der Waals surface area contributed by atoms with Crippen LogP contribution in [0.2, 0.25) is 5.02 Å². The number of ketones is 1. The van der Waals surface area contributed by atoms with Gasteiger partial charge in [-0.25, -0.2) is 4.79 Å². The Balaban J connectivity index is 1.38. The first-order valence-corrected chi connectivity index (χ1v) is 17.1. The maximum absolute atomic E-state index is 14.4. The van der Waals surface area contributed by atoms with Crippen LogP contribution in [-0.2, 0) is 28.8 Å². The zero-order chi connectivity index (χ0) is 33.9. The van der Waals surface area contributed by atoms with Gasteiger partial charge in [-0.2, -0.15) is 0 Å². The molecule has 0 radical (unpaired) electrons. The molecule has 4 atom stereocenters. The van der Waals surface area contributed by atoms with Gasteiger partial charge in [0.15, 0.2) is 5.60 Å². The third kappa shape index (κ3) is 8.44. The number of carbonyl (C=O) groups excluding carboxylic acids is 5. The number of halogens is 1. The van der Waals surface area contributed by atoms with E-state index in [2.05, 4.69) is 21.1 Å². The fourth-order valence-electron chi connectivity index (χ4n) is 6.52. The Morgan fingerprint density at radius 3 is 2.36 bits per heavy atom. The van der Waals surface area contributed by atoms with Crippen LogP contribution in [0.4, 0.5) is 4.79 Å². The molecular weight excluding hydrogens is 626 g/mol. The van der Waals surface area contributed by atoms with Gasteiger partial charge >= 0.3 is 6.09 Å². The molecule has 12 nitrogen and oxygen atoms in total. The van der Waals surface area contributed by atoms with E-state index in [4.69, 9.17) is 21.2 Å². The molecule has 2 aliphatic heterocycles. The Hall–Kier alpha value is -3.67. The molecule has 2 saturated carbocycles. The first-order chi connectivity index (χ1) is 22.3. The number of oxime groups is 1. The quantitative estimate of drug-likeness (QED) is 0.300. The van der Waals surface area contributed by atoms with E-state index in [-0.39, 0.29) is 31.5 Å². The van der Waals surface area contributed by atoms with Crippen LogP contribution >= 0.6 is 11.6 Å². The smallest absolute Gasteiger partial charge is 0.408 e. The highest BCUT2D eigenvalue weighted by molar-refractivity contribution is 6.38. The largest absolute Gasteiger partial charge is 0.446 e. The van der Waals surface area contributed by atoms with E-state index < -0.39 is 58.7 Å². The number of nitrogens with zero attached hydrogens (tertiary/aromatic N) is 2. The van der Waals surface area contributed by atoms with Crippen molar-refractivity contribution in [2.24, 2.45) is 10.6 Å². The van der Waals surface area contributed by atoms with Gasteiger partial charge in [0.2, 0.25) is 17.6 Å². The summed E-state index contributed by atoms with van der Waals surface area (Å²) in [7, 11) is 0. The van der Waals surface area contributed by atoms with Crippen LogP contribution in [0.3, 0.4) is 0 Å². The maximum atomic E-state index is 14.4. The average Bonchev–Trinajstić information content (AvgIpc) is 3.37. The van der Waals surface area contributed by atoms with E-state index in [9.17, 15) is 24.0 Å². The molecule has 3 N–H and O–H groups in total. The number of Topliss-reactive ketones (excluding diaryl/α,β-unsaturated/α-hetero) is 1. The van der Waals surface area contributed by atoms with Crippen LogP contribution in [0.5, 0.6) is 0 Å². The van der Waals surface area contributed by atoms with Crippen molar-refractivity contribution >= 4 is 46.9 Å². The second-order valence-corrected chi connectivity index (χ2v) is 14.8. The number of nitrogens with one attached hydrogen (secondary N) is 3. The lowest BCUT2D eigenvalue weighted by molar-refractivity contribution is -0.144. The maximum Gasteiger partial charge on any atom is 0.408 e. The highest BCUT2D eigenvalue weighted by Gasteiger charge is 2.55. The summed E-state index contributed by atoms with van der Waals surface area (Å²) in [6.45, 7) is 7.36. The van der Waals surface area contributed by atoms with Crippen LogP contribution in [0.15, 0.2) is 29.4 Å². The number of alkyl carbamates (subject to hydrolysis) is 1. The monoisotopic (exact) mass is 671 g/mol. The van der Waals surface area contributed by atoms with Crippen LogP contribution in [0.1, 0.15) is 97.5 Å². The van der Waals surface area contributed by atoms with Gasteiger partial charge in [0.05, 0.1) is 18.3 Å². The highest BCUT2D eigenvalue weighted by atomic mass is 35.5. The molecule has 4 amide bonds. The van der Waals surface area contributed by atoms with Gasteiger partial charge in [-0.15, -0.1) is 0 Å². The number of benzene rings is 1. The number of likely N-dealkylation sites (tertiary alicyclic amines) is 1. The van der Waals surface area contributed by atoms with E-state index in [1.54, 1.807) is 12.1 Å². The van der Waals surface area contributed by atoms with E-state index in [0.717, 1.165) is 44.1 Å².